The van der Waals surface area contributed by atoms with E-state index in [1.54, 1.807) is 0 Å². The maximum atomic E-state index is 12.2. The van der Waals surface area contributed by atoms with E-state index < -0.39 is 0 Å². The molecule has 0 saturated carbocycles. The van der Waals surface area contributed by atoms with E-state index in [4.69, 9.17) is 0 Å². The first-order valence-electron chi connectivity index (χ1n) is 6.47. The van der Waals surface area contributed by atoms with Crippen LogP contribution < -0.4 is 10.6 Å². The molecule has 18 heavy (non-hydrogen) atoms. The van der Waals surface area contributed by atoms with E-state index in [1.807, 2.05) is 31.3 Å². The standard InChI is InChI=1S/C14H21N3O/c1-15-13-8-4-3-7-12(13)14(18)16-11-6-5-9-17(2)10-11/h3-4,7-8,11,15H,5-6,9-10H2,1-2H3,(H,16,18). The van der Waals surface area contributed by atoms with Gasteiger partial charge in [-0.15, -0.1) is 0 Å². The number of para-hydroxylation sites is 1. The Hall–Kier alpha value is -1.55. The first kappa shape index (κ1) is 12.9. The number of piperidine rings is 1. The van der Waals surface area contributed by atoms with Crippen molar-refractivity contribution in [3.63, 3.8) is 0 Å². The summed E-state index contributed by atoms with van der Waals surface area (Å²) < 4.78 is 0. The largest absolute Gasteiger partial charge is 0.387 e. The fourth-order valence-electron chi connectivity index (χ4n) is 2.45. The molecule has 1 aliphatic heterocycles. The second-order valence-electron chi connectivity index (χ2n) is 4.87. The maximum Gasteiger partial charge on any atom is 0.253 e. The van der Waals surface area contributed by atoms with Crippen molar-refractivity contribution in [2.45, 2.75) is 18.9 Å². The molecule has 1 saturated heterocycles. The number of anilines is 1. The van der Waals surface area contributed by atoms with Crippen LogP contribution in [0.5, 0.6) is 0 Å². The van der Waals surface area contributed by atoms with Crippen LogP contribution in [0, 0.1) is 0 Å². The number of benzene rings is 1. The molecule has 1 atom stereocenters. The monoisotopic (exact) mass is 247 g/mol. The Labute approximate surface area is 108 Å². The van der Waals surface area contributed by atoms with Crippen molar-refractivity contribution in [1.29, 1.82) is 0 Å². The smallest absolute Gasteiger partial charge is 0.253 e. The number of nitrogens with one attached hydrogen (secondary N) is 2. The fourth-order valence-corrected chi connectivity index (χ4v) is 2.45. The first-order chi connectivity index (χ1) is 8.70. The second kappa shape index (κ2) is 5.87. The normalized spacial score (nSPS) is 20.4. The number of hydrogen-bond donors (Lipinski definition) is 2. The fraction of sp³-hybridized carbons (Fsp3) is 0.500. The van der Waals surface area contributed by atoms with Gasteiger partial charge in [-0.2, -0.15) is 0 Å². The highest BCUT2D eigenvalue weighted by Gasteiger charge is 2.20. The molecule has 4 heteroatoms. The lowest BCUT2D eigenvalue weighted by Crippen LogP contribution is -2.46. The van der Waals surface area contributed by atoms with Crippen LogP contribution in [0.25, 0.3) is 0 Å². The van der Waals surface area contributed by atoms with Gasteiger partial charge in [0.25, 0.3) is 5.91 Å². The molecule has 0 aromatic heterocycles. The van der Waals surface area contributed by atoms with Crippen LogP contribution in [0.2, 0.25) is 0 Å². The molecule has 1 aromatic rings. The highest BCUT2D eigenvalue weighted by molar-refractivity contribution is 5.99. The van der Waals surface area contributed by atoms with Crippen molar-refractivity contribution >= 4 is 11.6 Å². The van der Waals surface area contributed by atoms with E-state index >= 15 is 0 Å². The molecule has 2 rings (SSSR count). The van der Waals surface area contributed by atoms with Crippen molar-refractivity contribution in [2.75, 3.05) is 32.5 Å². The van der Waals surface area contributed by atoms with Crippen LogP contribution >= 0.6 is 0 Å². The van der Waals surface area contributed by atoms with Crippen molar-refractivity contribution in [1.82, 2.24) is 10.2 Å². The predicted octanol–water partition coefficient (Wildman–Crippen LogP) is 1.55. The van der Waals surface area contributed by atoms with Gasteiger partial charge in [-0.1, -0.05) is 12.1 Å². The lowest BCUT2D eigenvalue weighted by molar-refractivity contribution is 0.0913. The summed E-state index contributed by atoms with van der Waals surface area (Å²) in [4.78, 5) is 14.5. The molecule has 4 nitrogen and oxygen atoms in total. The lowest BCUT2D eigenvalue weighted by Gasteiger charge is -2.30. The molecule has 1 aromatic carbocycles. The van der Waals surface area contributed by atoms with E-state index in [0.717, 1.165) is 31.6 Å². The van der Waals surface area contributed by atoms with Gasteiger partial charge in [-0.05, 0) is 38.6 Å². The topological polar surface area (TPSA) is 44.4 Å². The van der Waals surface area contributed by atoms with Crippen LogP contribution in [0.1, 0.15) is 23.2 Å². The minimum atomic E-state index is 0.0141. The van der Waals surface area contributed by atoms with Gasteiger partial charge < -0.3 is 15.5 Å². The molecule has 0 spiro atoms. The van der Waals surface area contributed by atoms with E-state index in [9.17, 15) is 4.79 Å². The molecular formula is C14H21N3O. The lowest BCUT2D eigenvalue weighted by atomic mass is 10.1. The van der Waals surface area contributed by atoms with Crippen molar-refractivity contribution in [3.05, 3.63) is 29.8 Å². The number of likely N-dealkylation sites (tertiary alicyclic amines) is 1. The molecule has 1 heterocycles. The third kappa shape index (κ3) is 3.01. The Morgan fingerprint density at radius 3 is 2.89 bits per heavy atom. The van der Waals surface area contributed by atoms with Gasteiger partial charge in [-0.3, -0.25) is 4.79 Å². The minimum absolute atomic E-state index is 0.0141. The summed E-state index contributed by atoms with van der Waals surface area (Å²) in [5.41, 5.74) is 1.59. The van der Waals surface area contributed by atoms with Crippen LogP contribution in [-0.4, -0.2) is 44.0 Å². The number of likely N-dealkylation sites (N-methyl/N-ethyl adjacent to an activating group) is 1. The van der Waals surface area contributed by atoms with Crippen LogP contribution in [-0.2, 0) is 0 Å². The van der Waals surface area contributed by atoms with Crippen LogP contribution in [0.3, 0.4) is 0 Å². The molecule has 1 fully saturated rings. The van der Waals surface area contributed by atoms with Gasteiger partial charge in [0.05, 0.1) is 5.56 Å². The Kier molecular flexibility index (Phi) is 4.20. The van der Waals surface area contributed by atoms with Gasteiger partial charge in [0.15, 0.2) is 0 Å². The van der Waals surface area contributed by atoms with Crippen LogP contribution in [0.15, 0.2) is 24.3 Å². The summed E-state index contributed by atoms with van der Waals surface area (Å²) in [6.45, 7) is 2.06. The Morgan fingerprint density at radius 2 is 2.17 bits per heavy atom. The average molecular weight is 247 g/mol. The minimum Gasteiger partial charge on any atom is -0.387 e. The van der Waals surface area contributed by atoms with E-state index in [1.165, 1.54) is 0 Å². The zero-order chi connectivity index (χ0) is 13.0. The number of hydrogen-bond acceptors (Lipinski definition) is 3. The van der Waals surface area contributed by atoms with Gasteiger partial charge in [0.1, 0.15) is 0 Å². The van der Waals surface area contributed by atoms with Gasteiger partial charge >= 0.3 is 0 Å². The Bertz CT molecular complexity index is 419. The van der Waals surface area contributed by atoms with E-state index in [2.05, 4.69) is 22.6 Å². The van der Waals surface area contributed by atoms with E-state index in [-0.39, 0.29) is 11.9 Å². The molecule has 1 unspecified atom stereocenters. The summed E-state index contributed by atoms with van der Waals surface area (Å²) in [7, 11) is 3.93. The number of rotatable bonds is 3. The first-order valence-corrected chi connectivity index (χ1v) is 6.47. The van der Waals surface area contributed by atoms with Crippen molar-refractivity contribution < 1.29 is 4.79 Å². The van der Waals surface area contributed by atoms with Gasteiger partial charge in [0, 0.05) is 25.3 Å². The Balaban J connectivity index is 2.03. The molecule has 0 radical (unpaired) electrons. The number of carbonyl (C=O) groups excluding carboxylic acids is 1. The SMILES string of the molecule is CNc1ccccc1C(=O)NC1CCCN(C)C1. The molecule has 1 aliphatic rings. The number of nitrogens with zero attached hydrogens (tertiary/aromatic N) is 1. The quantitative estimate of drug-likeness (QED) is 0.852. The number of carbonyl (C=O) groups is 1. The van der Waals surface area contributed by atoms with Crippen LogP contribution in [0.4, 0.5) is 5.69 Å². The Morgan fingerprint density at radius 1 is 1.39 bits per heavy atom. The third-order valence-electron chi connectivity index (χ3n) is 3.40. The molecular weight excluding hydrogens is 226 g/mol. The zero-order valence-electron chi connectivity index (χ0n) is 11.1. The zero-order valence-corrected chi connectivity index (χ0v) is 11.1. The molecule has 0 bridgehead atoms. The maximum absolute atomic E-state index is 12.2. The highest BCUT2D eigenvalue weighted by atomic mass is 16.1. The second-order valence-corrected chi connectivity index (χ2v) is 4.87. The molecule has 98 valence electrons. The summed E-state index contributed by atoms with van der Waals surface area (Å²) in [6.07, 6.45) is 2.22. The third-order valence-corrected chi connectivity index (χ3v) is 3.40. The summed E-state index contributed by atoms with van der Waals surface area (Å²) in [5, 5.41) is 6.17. The van der Waals surface area contributed by atoms with Crippen molar-refractivity contribution in [3.8, 4) is 0 Å². The van der Waals surface area contributed by atoms with E-state index in [0.29, 0.717) is 5.56 Å². The summed E-state index contributed by atoms with van der Waals surface area (Å²) in [5.74, 6) is 0.0141. The average Bonchev–Trinajstić information content (AvgIpc) is 2.38. The summed E-state index contributed by atoms with van der Waals surface area (Å²) in [6, 6.07) is 7.86. The molecule has 1 amide bonds. The summed E-state index contributed by atoms with van der Waals surface area (Å²) >= 11 is 0. The van der Waals surface area contributed by atoms with Crippen molar-refractivity contribution in [2.24, 2.45) is 0 Å². The van der Waals surface area contributed by atoms with Gasteiger partial charge in [0.2, 0.25) is 0 Å². The molecule has 2 N–H and O–H groups in total. The molecule has 0 aliphatic carbocycles. The van der Waals surface area contributed by atoms with Gasteiger partial charge in [-0.25, -0.2) is 0 Å². The predicted molar refractivity (Wildman–Crippen MR) is 74.0 cm³/mol. The highest BCUT2D eigenvalue weighted by Crippen LogP contribution is 2.15. The number of amides is 1.